The molecule has 1 rings (SSSR count). The van der Waals surface area contributed by atoms with Crippen molar-refractivity contribution in [1.29, 1.82) is 0 Å². The van der Waals surface area contributed by atoms with Crippen LogP contribution in [-0.2, 0) is 0 Å². The molecule has 0 aliphatic rings. The largest absolute Gasteiger partial charge is 0.399 e. The van der Waals surface area contributed by atoms with Crippen LogP contribution >= 0.6 is 0 Å². The molecule has 0 aromatic heterocycles. The first-order chi connectivity index (χ1) is 6.72. The Bertz CT molecular complexity index is 254. The van der Waals surface area contributed by atoms with E-state index >= 15 is 0 Å². The molecule has 14 heavy (non-hydrogen) atoms. The second kappa shape index (κ2) is 5.53. The van der Waals surface area contributed by atoms with Crippen LogP contribution in [0.25, 0.3) is 0 Å². The van der Waals surface area contributed by atoms with Gasteiger partial charge < -0.3 is 11.1 Å². The van der Waals surface area contributed by atoms with E-state index in [-0.39, 0.29) is 0 Å². The zero-order valence-electron chi connectivity index (χ0n) is 9.09. The molecule has 2 nitrogen and oxygen atoms in total. The summed E-state index contributed by atoms with van der Waals surface area (Å²) in [5.41, 5.74) is 7.57. The number of rotatable bonds is 5. The van der Waals surface area contributed by atoms with Crippen molar-refractivity contribution >= 4 is 11.4 Å². The third-order valence-corrected chi connectivity index (χ3v) is 2.35. The van der Waals surface area contributed by atoms with Gasteiger partial charge in [-0.05, 0) is 36.6 Å². The lowest BCUT2D eigenvalue weighted by Gasteiger charge is -2.12. The maximum Gasteiger partial charge on any atom is 0.0341 e. The second-order valence-electron chi connectivity index (χ2n) is 3.90. The maximum absolute atomic E-state index is 5.60. The molecule has 0 bridgehead atoms. The van der Waals surface area contributed by atoms with E-state index in [0.717, 1.165) is 23.8 Å². The molecule has 1 aromatic carbocycles. The van der Waals surface area contributed by atoms with E-state index in [4.69, 9.17) is 5.73 Å². The summed E-state index contributed by atoms with van der Waals surface area (Å²) in [6.45, 7) is 5.53. The van der Waals surface area contributed by atoms with Crippen molar-refractivity contribution in [2.24, 2.45) is 5.92 Å². The highest BCUT2D eigenvalue weighted by molar-refractivity contribution is 5.51. The molecule has 0 radical (unpaired) electrons. The van der Waals surface area contributed by atoms with Gasteiger partial charge in [-0.1, -0.05) is 20.3 Å². The second-order valence-corrected chi connectivity index (χ2v) is 3.90. The number of nitrogen functional groups attached to an aromatic ring is 1. The Morgan fingerprint density at radius 3 is 2.50 bits per heavy atom. The topological polar surface area (TPSA) is 38.0 Å². The molecule has 78 valence electrons. The summed E-state index contributed by atoms with van der Waals surface area (Å²) < 4.78 is 0. The van der Waals surface area contributed by atoms with Crippen LogP contribution < -0.4 is 11.1 Å². The van der Waals surface area contributed by atoms with Crippen LogP contribution in [0.3, 0.4) is 0 Å². The normalized spacial score (nSPS) is 12.4. The summed E-state index contributed by atoms with van der Waals surface area (Å²) in [4.78, 5) is 0. The Kier molecular flexibility index (Phi) is 4.30. The molecular weight excluding hydrogens is 172 g/mol. The van der Waals surface area contributed by atoms with Crippen molar-refractivity contribution in [2.45, 2.75) is 26.7 Å². The van der Waals surface area contributed by atoms with E-state index in [9.17, 15) is 0 Å². The molecule has 1 atom stereocenters. The highest BCUT2D eigenvalue weighted by Gasteiger charge is 1.99. The molecule has 1 unspecified atom stereocenters. The first kappa shape index (κ1) is 10.9. The molecule has 1 aromatic rings. The van der Waals surface area contributed by atoms with Crippen LogP contribution in [0, 0.1) is 5.92 Å². The molecule has 0 heterocycles. The van der Waals surface area contributed by atoms with E-state index in [1.165, 1.54) is 12.8 Å². The fourth-order valence-electron chi connectivity index (χ4n) is 1.49. The van der Waals surface area contributed by atoms with Gasteiger partial charge in [-0.2, -0.15) is 0 Å². The molecule has 0 saturated heterocycles. The number of nitrogens with two attached hydrogens (primary N) is 1. The van der Waals surface area contributed by atoms with E-state index in [0.29, 0.717) is 0 Å². The number of nitrogens with one attached hydrogen (secondary N) is 1. The molecule has 0 aliphatic heterocycles. The van der Waals surface area contributed by atoms with Gasteiger partial charge in [0.2, 0.25) is 0 Å². The molecule has 0 aliphatic carbocycles. The third-order valence-electron chi connectivity index (χ3n) is 2.35. The smallest absolute Gasteiger partial charge is 0.0341 e. The molecule has 0 amide bonds. The molecule has 0 saturated carbocycles. The van der Waals surface area contributed by atoms with Gasteiger partial charge in [-0.15, -0.1) is 0 Å². The monoisotopic (exact) mass is 192 g/mol. The summed E-state index contributed by atoms with van der Waals surface area (Å²) in [6.07, 6.45) is 2.53. The minimum absolute atomic E-state index is 0.734. The van der Waals surface area contributed by atoms with Gasteiger partial charge in [0.1, 0.15) is 0 Å². The molecule has 0 spiro atoms. The Hall–Kier alpha value is -1.18. The van der Waals surface area contributed by atoms with Crippen molar-refractivity contribution in [3.63, 3.8) is 0 Å². The van der Waals surface area contributed by atoms with Crippen molar-refractivity contribution < 1.29 is 0 Å². The van der Waals surface area contributed by atoms with Crippen LogP contribution in [0.1, 0.15) is 26.7 Å². The lowest BCUT2D eigenvalue weighted by Crippen LogP contribution is -2.10. The highest BCUT2D eigenvalue weighted by atomic mass is 14.9. The van der Waals surface area contributed by atoms with E-state index in [1.807, 2.05) is 24.3 Å². The van der Waals surface area contributed by atoms with Crippen molar-refractivity contribution in [3.8, 4) is 0 Å². The lowest BCUT2D eigenvalue weighted by molar-refractivity contribution is 0.551. The van der Waals surface area contributed by atoms with Crippen LogP contribution in [-0.4, -0.2) is 6.54 Å². The third kappa shape index (κ3) is 3.69. The predicted octanol–water partition coefficient (Wildman–Crippen LogP) is 3.12. The van der Waals surface area contributed by atoms with Gasteiger partial charge in [-0.25, -0.2) is 0 Å². The highest BCUT2D eigenvalue weighted by Crippen LogP contribution is 2.12. The van der Waals surface area contributed by atoms with E-state index in [2.05, 4.69) is 19.2 Å². The van der Waals surface area contributed by atoms with E-state index in [1.54, 1.807) is 0 Å². The molecular formula is C12H20N2. The Labute approximate surface area is 86.5 Å². The molecule has 3 N–H and O–H groups in total. The Balaban J connectivity index is 2.34. The quantitative estimate of drug-likeness (QED) is 0.703. The van der Waals surface area contributed by atoms with Gasteiger partial charge in [0, 0.05) is 17.9 Å². The number of hydrogen-bond donors (Lipinski definition) is 2. The summed E-state index contributed by atoms with van der Waals surface area (Å²) in [6, 6.07) is 7.89. The fourth-order valence-corrected chi connectivity index (χ4v) is 1.49. The standard InChI is InChI=1S/C12H20N2/c1-3-4-10(2)9-14-12-7-5-11(13)6-8-12/h5-8,10,14H,3-4,9,13H2,1-2H3. The van der Waals surface area contributed by atoms with Crippen LogP contribution in [0.2, 0.25) is 0 Å². The van der Waals surface area contributed by atoms with Crippen LogP contribution in [0.4, 0.5) is 11.4 Å². The summed E-state index contributed by atoms with van der Waals surface area (Å²) in [7, 11) is 0. The van der Waals surface area contributed by atoms with Crippen molar-refractivity contribution in [3.05, 3.63) is 24.3 Å². The lowest BCUT2D eigenvalue weighted by atomic mass is 10.1. The van der Waals surface area contributed by atoms with Gasteiger partial charge in [0.15, 0.2) is 0 Å². The van der Waals surface area contributed by atoms with Crippen molar-refractivity contribution in [2.75, 3.05) is 17.6 Å². The van der Waals surface area contributed by atoms with Gasteiger partial charge in [-0.3, -0.25) is 0 Å². The van der Waals surface area contributed by atoms with Crippen LogP contribution in [0.15, 0.2) is 24.3 Å². The summed E-state index contributed by atoms with van der Waals surface area (Å²) in [5.74, 6) is 0.734. The van der Waals surface area contributed by atoms with Gasteiger partial charge >= 0.3 is 0 Å². The summed E-state index contributed by atoms with van der Waals surface area (Å²) in [5, 5.41) is 3.40. The van der Waals surface area contributed by atoms with Gasteiger partial charge in [0.05, 0.1) is 0 Å². The average molecular weight is 192 g/mol. The average Bonchev–Trinajstić information content (AvgIpc) is 2.17. The minimum Gasteiger partial charge on any atom is -0.399 e. The maximum atomic E-state index is 5.60. The SMILES string of the molecule is CCCC(C)CNc1ccc(N)cc1. The zero-order valence-corrected chi connectivity index (χ0v) is 9.09. The fraction of sp³-hybridized carbons (Fsp3) is 0.500. The minimum atomic E-state index is 0.734. The first-order valence-electron chi connectivity index (χ1n) is 5.31. The van der Waals surface area contributed by atoms with Gasteiger partial charge in [0.25, 0.3) is 0 Å². The Morgan fingerprint density at radius 2 is 1.93 bits per heavy atom. The van der Waals surface area contributed by atoms with Crippen molar-refractivity contribution in [1.82, 2.24) is 0 Å². The molecule has 2 heteroatoms. The molecule has 0 fully saturated rings. The predicted molar refractivity (Wildman–Crippen MR) is 63.4 cm³/mol. The zero-order chi connectivity index (χ0) is 10.4. The van der Waals surface area contributed by atoms with Crippen LogP contribution in [0.5, 0.6) is 0 Å². The number of hydrogen-bond acceptors (Lipinski definition) is 2. The number of benzene rings is 1. The summed E-state index contributed by atoms with van der Waals surface area (Å²) >= 11 is 0. The Morgan fingerprint density at radius 1 is 1.29 bits per heavy atom. The van der Waals surface area contributed by atoms with E-state index < -0.39 is 0 Å². The number of anilines is 2. The first-order valence-corrected chi connectivity index (χ1v) is 5.31.